The smallest absolute Gasteiger partial charge is 0.241 e. The normalized spacial score (nSPS) is 29.1. The number of para-hydroxylation sites is 1. The quantitative estimate of drug-likeness (QED) is 0.790. The average molecular weight is 381 g/mol. The van der Waals surface area contributed by atoms with Crippen LogP contribution in [0.25, 0.3) is 0 Å². The van der Waals surface area contributed by atoms with Crippen molar-refractivity contribution in [2.45, 2.75) is 24.7 Å². The monoisotopic (exact) mass is 381 g/mol. The molecule has 142 valence electrons. The molecule has 4 rings (SSSR count). The summed E-state index contributed by atoms with van der Waals surface area (Å²) in [5.74, 6) is -1.79. The van der Waals surface area contributed by atoms with Crippen LogP contribution in [-0.2, 0) is 10.2 Å². The van der Waals surface area contributed by atoms with Crippen LogP contribution in [-0.4, -0.2) is 18.2 Å². The maximum absolute atomic E-state index is 14.0. The second-order valence-electron chi connectivity index (χ2n) is 7.67. The molecule has 6 heteroatoms. The van der Waals surface area contributed by atoms with Crippen molar-refractivity contribution in [3.63, 3.8) is 0 Å². The Hall–Kier alpha value is -3.69. The number of nitriles is 3. The predicted octanol–water partition coefficient (Wildman–Crippen LogP) is 3.39. The second-order valence-corrected chi connectivity index (χ2v) is 7.67. The van der Waals surface area contributed by atoms with Crippen LogP contribution in [0.15, 0.2) is 48.6 Å². The van der Waals surface area contributed by atoms with Crippen molar-refractivity contribution in [3.05, 3.63) is 54.1 Å². The zero-order valence-corrected chi connectivity index (χ0v) is 15.9. The molecular formula is C23H19N5O. The number of hydrogen-bond acceptors (Lipinski definition) is 5. The number of fused-ring (bicyclic) bond motifs is 4. The van der Waals surface area contributed by atoms with E-state index in [1.807, 2.05) is 24.3 Å². The Morgan fingerprint density at radius 1 is 1.28 bits per heavy atom. The summed E-state index contributed by atoms with van der Waals surface area (Å²) in [7, 11) is 0. The number of anilines is 1. The van der Waals surface area contributed by atoms with Gasteiger partial charge in [-0.3, -0.25) is 4.79 Å². The van der Waals surface area contributed by atoms with E-state index in [9.17, 15) is 20.6 Å². The van der Waals surface area contributed by atoms with Crippen LogP contribution < -0.4 is 4.90 Å². The van der Waals surface area contributed by atoms with E-state index >= 15 is 0 Å². The molecule has 3 atom stereocenters. The first-order valence-electron chi connectivity index (χ1n) is 9.58. The van der Waals surface area contributed by atoms with E-state index in [2.05, 4.69) is 12.6 Å². The summed E-state index contributed by atoms with van der Waals surface area (Å²) in [6, 6.07) is 13.4. The molecule has 0 aromatic heterocycles. The first-order chi connectivity index (χ1) is 14.0. The van der Waals surface area contributed by atoms with Gasteiger partial charge < -0.3 is 10.3 Å². The van der Waals surface area contributed by atoms with E-state index < -0.39 is 22.7 Å². The molecule has 1 N–H and O–H groups in total. The van der Waals surface area contributed by atoms with Gasteiger partial charge in [0.05, 0.1) is 23.9 Å². The Morgan fingerprint density at radius 3 is 2.66 bits per heavy atom. The Morgan fingerprint density at radius 2 is 2.00 bits per heavy atom. The van der Waals surface area contributed by atoms with Crippen LogP contribution in [0.5, 0.6) is 0 Å². The molecule has 1 aliphatic heterocycles. The van der Waals surface area contributed by atoms with Gasteiger partial charge in [-0.2, -0.15) is 15.8 Å². The summed E-state index contributed by atoms with van der Waals surface area (Å²) >= 11 is 0. The third-order valence-electron chi connectivity index (χ3n) is 6.60. The lowest BCUT2D eigenvalue weighted by Gasteiger charge is -2.51. The van der Waals surface area contributed by atoms with E-state index in [0.717, 1.165) is 12.8 Å². The molecule has 1 aromatic rings. The molecular weight excluding hydrogens is 362 g/mol. The highest BCUT2D eigenvalue weighted by Gasteiger charge is 2.73. The average Bonchev–Trinajstić information content (AvgIpc) is 3.00. The number of carbonyl (C=O) groups excluding carboxylic acids is 1. The van der Waals surface area contributed by atoms with Crippen molar-refractivity contribution in [1.29, 1.82) is 21.2 Å². The van der Waals surface area contributed by atoms with Crippen molar-refractivity contribution in [2.75, 3.05) is 11.4 Å². The molecule has 3 aliphatic rings. The van der Waals surface area contributed by atoms with Gasteiger partial charge in [0.25, 0.3) is 0 Å². The van der Waals surface area contributed by atoms with Crippen molar-refractivity contribution < 1.29 is 4.79 Å². The lowest BCUT2D eigenvalue weighted by Crippen LogP contribution is -2.64. The number of benzene rings is 1. The molecule has 1 spiro atoms. The Balaban J connectivity index is 2.15. The fourth-order valence-corrected chi connectivity index (χ4v) is 5.49. The summed E-state index contributed by atoms with van der Waals surface area (Å²) in [6.07, 6.45) is 5.68. The van der Waals surface area contributed by atoms with Gasteiger partial charge >= 0.3 is 0 Å². The Labute approximate surface area is 169 Å². The van der Waals surface area contributed by atoms with Crippen molar-refractivity contribution in [2.24, 2.45) is 17.3 Å². The third kappa shape index (κ3) is 1.97. The van der Waals surface area contributed by atoms with Crippen LogP contribution in [0, 0.1) is 56.7 Å². The predicted molar refractivity (Wildman–Crippen MR) is 107 cm³/mol. The topological polar surface area (TPSA) is 116 Å². The molecule has 1 amide bonds. The van der Waals surface area contributed by atoms with Gasteiger partial charge in [0.2, 0.25) is 11.3 Å². The first kappa shape index (κ1) is 18.7. The molecule has 1 heterocycles. The number of nitrogens with one attached hydrogen (secondary N) is 1. The standard InChI is InChI=1S/C23H19N5O/c1-2-11-28-19-10-6-5-9-18(19)23(21(28)29)17-8-4-3-7-15(17)16(12-24)20(27)22(23,13-25)14-26/h2,5-7,9-10,16-17,27H,1,3-4,8,11H2/t16-,17-,23-/m1/s1. The number of hydrogen-bond donors (Lipinski definition) is 1. The number of carbonyl (C=O) groups is 1. The molecule has 0 saturated heterocycles. The highest BCUT2D eigenvalue weighted by molar-refractivity contribution is 6.17. The van der Waals surface area contributed by atoms with Crippen molar-refractivity contribution in [3.8, 4) is 18.2 Å². The zero-order valence-electron chi connectivity index (χ0n) is 15.9. The summed E-state index contributed by atoms with van der Waals surface area (Å²) < 4.78 is 0. The maximum atomic E-state index is 14.0. The Kier molecular flexibility index (Phi) is 4.14. The number of nitrogens with zero attached hydrogens (tertiary/aromatic N) is 4. The first-order valence-corrected chi connectivity index (χ1v) is 9.58. The number of allylic oxidation sites excluding steroid dienone is 2. The molecule has 0 radical (unpaired) electrons. The minimum absolute atomic E-state index is 0.241. The molecule has 0 unspecified atom stereocenters. The van der Waals surface area contributed by atoms with Gasteiger partial charge in [-0.1, -0.05) is 30.4 Å². The molecule has 2 aliphatic carbocycles. The number of amides is 1. The molecule has 29 heavy (non-hydrogen) atoms. The van der Waals surface area contributed by atoms with Crippen LogP contribution in [0.4, 0.5) is 5.69 Å². The van der Waals surface area contributed by atoms with Crippen molar-refractivity contribution in [1.82, 2.24) is 0 Å². The summed E-state index contributed by atoms with van der Waals surface area (Å²) in [6.45, 7) is 3.98. The summed E-state index contributed by atoms with van der Waals surface area (Å²) in [5, 5.41) is 39.1. The molecule has 1 fully saturated rings. The minimum atomic E-state index is -2.05. The molecule has 1 aromatic carbocycles. The van der Waals surface area contributed by atoms with E-state index in [1.54, 1.807) is 29.2 Å². The summed E-state index contributed by atoms with van der Waals surface area (Å²) in [5.41, 5.74) is -1.94. The van der Waals surface area contributed by atoms with Gasteiger partial charge in [0.15, 0.2) is 0 Å². The van der Waals surface area contributed by atoms with Crippen molar-refractivity contribution >= 4 is 17.3 Å². The van der Waals surface area contributed by atoms with Crippen LogP contribution in [0.2, 0.25) is 0 Å². The molecule has 1 saturated carbocycles. The number of rotatable bonds is 2. The third-order valence-corrected chi connectivity index (χ3v) is 6.60. The van der Waals surface area contributed by atoms with Gasteiger partial charge in [0, 0.05) is 18.2 Å². The van der Waals surface area contributed by atoms with Crippen LogP contribution in [0.3, 0.4) is 0 Å². The highest BCUT2D eigenvalue weighted by atomic mass is 16.2. The van der Waals surface area contributed by atoms with Crippen LogP contribution >= 0.6 is 0 Å². The second kappa shape index (κ2) is 6.43. The lowest BCUT2D eigenvalue weighted by molar-refractivity contribution is -0.127. The molecule has 0 bridgehead atoms. The van der Waals surface area contributed by atoms with E-state index in [4.69, 9.17) is 5.41 Å². The summed E-state index contributed by atoms with van der Waals surface area (Å²) in [4.78, 5) is 15.6. The maximum Gasteiger partial charge on any atom is 0.241 e. The van der Waals surface area contributed by atoms with Gasteiger partial charge in [0.1, 0.15) is 11.3 Å². The van der Waals surface area contributed by atoms with Gasteiger partial charge in [-0.25, -0.2) is 0 Å². The van der Waals surface area contributed by atoms with E-state index in [1.165, 1.54) is 0 Å². The van der Waals surface area contributed by atoms with E-state index in [-0.39, 0.29) is 18.2 Å². The fraction of sp³-hybridized carbons (Fsp3) is 0.348. The SMILES string of the molecule is C=CCN1C(=O)[C@]2(c3ccccc31)[C@@H]1CCCC=C1[C@@H](C#N)C(=N)C2(C#N)C#N. The zero-order chi connectivity index (χ0) is 20.8. The highest BCUT2D eigenvalue weighted by Crippen LogP contribution is 2.63. The van der Waals surface area contributed by atoms with Gasteiger partial charge in [-0.15, -0.1) is 6.58 Å². The Bertz CT molecular complexity index is 1080. The minimum Gasteiger partial charge on any atom is -0.307 e. The fourth-order valence-electron chi connectivity index (χ4n) is 5.49. The van der Waals surface area contributed by atoms with E-state index in [0.29, 0.717) is 23.2 Å². The van der Waals surface area contributed by atoms with Gasteiger partial charge in [-0.05, 0) is 36.5 Å². The lowest BCUT2D eigenvalue weighted by atomic mass is 9.44. The largest absolute Gasteiger partial charge is 0.307 e. The van der Waals surface area contributed by atoms with Crippen LogP contribution in [0.1, 0.15) is 24.8 Å². The molecule has 6 nitrogen and oxygen atoms in total.